The van der Waals surface area contributed by atoms with Gasteiger partial charge in [0.2, 0.25) is 5.91 Å². The normalized spacial score (nSPS) is 13.6. The molecule has 1 aliphatic carbocycles. The Kier molecular flexibility index (Phi) is 5.81. The number of nitrogens with zero attached hydrogens (tertiary/aromatic N) is 5. The molecule has 0 bridgehead atoms. The van der Waals surface area contributed by atoms with Crippen molar-refractivity contribution >= 4 is 50.8 Å². The average molecular weight is 510 g/mol. The second-order valence-corrected chi connectivity index (χ2v) is 9.45. The van der Waals surface area contributed by atoms with Crippen LogP contribution in [0.1, 0.15) is 31.7 Å². The molecule has 2 N–H and O–H groups in total. The Morgan fingerprint density at radius 2 is 2.03 bits per heavy atom. The van der Waals surface area contributed by atoms with Crippen molar-refractivity contribution in [3.63, 3.8) is 0 Å². The minimum atomic E-state index is 0.0242. The van der Waals surface area contributed by atoms with E-state index in [4.69, 9.17) is 16.6 Å². The molecule has 184 valence electrons. The van der Waals surface area contributed by atoms with E-state index >= 15 is 0 Å². The van der Waals surface area contributed by atoms with E-state index < -0.39 is 0 Å². The van der Waals surface area contributed by atoms with Crippen LogP contribution in [0.2, 0.25) is 0 Å². The van der Waals surface area contributed by atoms with Crippen molar-refractivity contribution in [1.29, 1.82) is 0 Å². The zero-order valence-electron chi connectivity index (χ0n) is 20.4. The van der Waals surface area contributed by atoms with Crippen LogP contribution in [0.4, 0.5) is 5.69 Å². The van der Waals surface area contributed by atoms with Crippen molar-refractivity contribution < 1.29 is 4.79 Å². The predicted molar refractivity (Wildman–Crippen MR) is 147 cm³/mol. The van der Waals surface area contributed by atoms with Gasteiger partial charge in [-0.15, -0.1) is 0 Å². The highest BCUT2D eigenvalue weighted by atomic mass is 35.5. The molecule has 0 aliphatic heterocycles. The Morgan fingerprint density at radius 3 is 2.86 bits per heavy atom. The molecule has 0 unspecified atom stereocenters. The van der Waals surface area contributed by atoms with Crippen LogP contribution in [0.15, 0.2) is 66.1 Å². The molecule has 37 heavy (non-hydrogen) atoms. The summed E-state index contributed by atoms with van der Waals surface area (Å²) in [6.07, 6.45) is 11.5. The second-order valence-electron chi connectivity index (χ2n) is 9.02. The summed E-state index contributed by atoms with van der Waals surface area (Å²) in [6, 6.07) is 10.1. The summed E-state index contributed by atoms with van der Waals surface area (Å²) >= 11 is 6.29. The van der Waals surface area contributed by atoms with Crippen LogP contribution >= 0.6 is 11.6 Å². The van der Waals surface area contributed by atoms with Gasteiger partial charge >= 0.3 is 0 Å². The molecule has 1 aromatic carbocycles. The van der Waals surface area contributed by atoms with E-state index in [0.29, 0.717) is 17.9 Å². The van der Waals surface area contributed by atoms with Gasteiger partial charge in [0, 0.05) is 47.6 Å². The predicted octanol–water partition coefficient (Wildman–Crippen LogP) is 6.24. The number of halogens is 1. The van der Waals surface area contributed by atoms with E-state index in [9.17, 15) is 4.79 Å². The Labute approximate surface area is 218 Å². The molecular weight excluding hydrogens is 486 g/mol. The number of rotatable bonds is 5. The Morgan fingerprint density at radius 1 is 1.16 bits per heavy atom. The van der Waals surface area contributed by atoms with Gasteiger partial charge in [0.05, 0.1) is 28.3 Å². The number of benzene rings is 1. The number of fused-ring (bicyclic) bond motifs is 2. The number of allylic oxidation sites excluding steroid dienone is 4. The van der Waals surface area contributed by atoms with Crippen LogP contribution in [0.5, 0.6) is 0 Å². The third-order valence-electron chi connectivity index (χ3n) is 6.69. The van der Waals surface area contributed by atoms with Crippen molar-refractivity contribution in [2.24, 2.45) is 0 Å². The van der Waals surface area contributed by atoms with Crippen LogP contribution in [0.25, 0.3) is 50.3 Å². The van der Waals surface area contributed by atoms with E-state index in [1.54, 1.807) is 30.5 Å². The van der Waals surface area contributed by atoms with E-state index in [-0.39, 0.29) is 5.91 Å². The molecule has 4 heterocycles. The lowest BCUT2D eigenvalue weighted by Gasteiger charge is -2.16. The molecule has 0 spiro atoms. The van der Waals surface area contributed by atoms with Gasteiger partial charge < -0.3 is 9.88 Å². The molecule has 1 amide bonds. The van der Waals surface area contributed by atoms with Gasteiger partial charge in [0.1, 0.15) is 5.69 Å². The fourth-order valence-electron chi connectivity index (χ4n) is 4.67. The Balaban J connectivity index is 1.42. The van der Waals surface area contributed by atoms with Gasteiger partial charge in [-0.2, -0.15) is 5.10 Å². The number of amides is 1. The van der Waals surface area contributed by atoms with Gasteiger partial charge in [-0.3, -0.25) is 14.9 Å². The minimum Gasteiger partial charge on any atom is -0.337 e. The third-order valence-corrected chi connectivity index (χ3v) is 6.95. The molecule has 1 aliphatic rings. The number of hydrogen-bond acceptors (Lipinski definition) is 5. The molecule has 9 heteroatoms. The highest BCUT2D eigenvalue weighted by molar-refractivity contribution is 6.31. The lowest BCUT2D eigenvalue weighted by atomic mass is 9.96. The fourth-order valence-corrected chi connectivity index (χ4v) is 4.91. The van der Waals surface area contributed by atoms with Crippen LogP contribution < -0.4 is 4.90 Å². The first-order chi connectivity index (χ1) is 18.0. The molecule has 0 radical (unpaired) electrons. The van der Waals surface area contributed by atoms with E-state index in [1.165, 1.54) is 5.57 Å². The molecule has 0 fully saturated rings. The largest absolute Gasteiger partial charge is 0.337 e. The molecular formula is C28H24ClN7O. The maximum atomic E-state index is 12.2. The van der Waals surface area contributed by atoms with Crippen LogP contribution in [-0.4, -0.2) is 43.1 Å². The zero-order valence-corrected chi connectivity index (χ0v) is 21.2. The summed E-state index contributed by atoms with van der Waals surface area (Å²) < 4.78 is 0. The number of aromatic nitrogens is 6. The lowest BCUT2D eigenvalue weighted by molar-refractivity contribution is -0.118. The zero-order chi connectivity index (χ0) is 25.5. The third kappa shape index (κ3) is 4.19. The van der Waals surface area contributed by atoms with Gasteiger partial charge in [-0.1, -0.05) is 36.7 Å². The number of para-hydroxylation sites is 1. The fraction of sp³-hybridized carbons (Fsp3) is 0.179. The van der Waals surface area contributed by atoms with Crippen molar-refractivity contribution in [3.05, 3.63) is 71.7 Å². The van der Waals surface area contributed by atoms with E-state index in [0.717, 1.165) is 62.4 Å². The van der Waals surface area contributed by atoms with Gasteiger partial charge in [0.15, 0.2) is 11.5 Å². The number of anilines is 1. The smallest absolute Gasteiger partial charge is 0.226 e. The van der Waals surface area contributed by atoms with Crippen molar-refractivity contribution in [2.45, 2.75) is 26.2 Å². The van der Waals surface area contributed by atoms with Crippen LogP contribution in [-0.2, 0) is 4.79 Å². The molecule has 6 rings (SSSR count). The van der Waals surface area contributed by atoms with Crippen molar-refractivity contribution in [1.82, 2.24) is 30.1 Å². The van der Waals surface area contributed by atoms with E-state index in [1.807, 2.05) is 43.3 Å². The number of H-pyrrole nitrogens is 2. The SMILES string of the molecule is CCC(=O)N(C)c1cncc(-c2cnc3n[nH]c(-c4nc5c(C6=CC(Cl)=CCC6)cccc5[nH]4)c3c2)c1. The summed E-state index contributed by atoms with van der Waals surface area (Å²) in [5.74, 6) is 0.707. The van der Waals surface area contributed by atoms with Crippen LogP contribution in [0, 0.1) is 0 Å². The van der Waals surface area contributed by atoms with Gasteiger partial charge in [-0.05, 0) is 42.7 Å². The molecule has 5 aromatic rings. The number of nitrogens with one attached hydrogen (secondary N) is 2. The van der Waals surface area contributed by atoms with Crippen LogP contribution in [0.3, 0.4) is 0 Å². The Hall–Kier alpha value is -4.30. The number of carbonyl (C=O) groups is 1. The molecule has 0 saturated heterocycles. The summed E-state index contributed by atoms with van der Waals surface area (Å²) in [7, 11) is 1.76. The maximum Gasteiger partial charge on any atom is 0.226 e. The van der Waals surface area contributed by atoms with Gasteiger partial charge in [-0.25, -0.2) is 9.97 Å². The Bertz CT molecular complexity index is 1730. The first-order valence-corrected chi connectivity index (χ1v) is 12.5. The number of pyridine rings is 2. The summed E-state index contributed by atoms with van der Waals surface area (Å²) in [4.78, 5) is 31.1. The summed E-state index contributed by atoms with van der Waals surface area (Å²) in [5, 5.41) is 9.11. The van der Waals surface area contributed by atoms with Crippen molar-refractivity contribution in [2.75, 3.05) is 11.9 Å². The summed E-state index contributed by atoms with van der Waals surface area (Å²) in [6.45, 7) is 1.84. The number of aromatic amines is 2. The lowest BCUT2D eigenvalue weighted by Crippen LogP contribution is -2.25. The highest BCUT2D eigenvalue weighted by Crippen LogP contribution is 2.34. The second kappa shape index (κ2) is 9.29. The maximum absolute atomic E-state index is 12.2. The molecule has 8 nitrogen and oxygen atoms in total. The number of carbonyl (C=O) groups excluding carboxylic acids is 1. The quantitative estimate of drug-likeness (QED) is 0.292. The molecule has 0 atom stereocenters. The number of hydrogen-bond donors (Lipinski definition) is 2. The monoisotopic (exact) mass is 509 g/mol. The van der Waals surface area contributed by atoms with Gasteiger partial charge in [0.25, 0.3) is 0 Å². The highest BCUT2D eigenvalue weighted by Gasteiger charge is 2.18. The summed E-state index contributed by atoms with van der Waals surface area (Å²) in [5.41, 5.74) is 7.88. The topological polar surface area (TPSA) is 103 Å². The first kappa shape index (κ1) is 23.1. The van der Waals surface area contributed by atoms with Crippen molar-refractivity contribution in [3.8, 4) is 22.6 Å². The minimum absolute atomic E-state index is 0.0242. The molecule has 4 aromatic heterocycles. The number of imidazole rings is 1. The first-order valence-electron chi connectivity index (χ1n) is 12.1. The standard InChI is InChI=1S/C28H24ClN7O/c1-3-24(37)36(2)20-11-17(13-30-15-20)18-12-22-26(34-35-27(22)31-14-18)28-32-23-9-5-8-21(25(23)33-28)16-6-4-7-19(29)10-16/h5,7-15H,3-4,6H2,1-2H3,(H,32,33)(H,31,34,35). The average Bonchev–Trinajstić information content (AvgIpc) is 3.56. The van der Waals surface area contributed by atoms with E-state index in [2.05, 4.69) is 31.2 Å². The molecule has 0 saturated carbocycles.